The molecule has 0 N–H and O–H groups in total. The van der Waals surface area contributed by atoms with Crippen LogP contribution in [0, 0.1) is 0 Å². The predicted octanol–water partition coefficient (Wildman–Crippen LogP) is 16.0. The van der Waals surface area contributed by atoms with Crippen molar-refractivity contribution < 1.29 is 0 Å². The summed E-state index contributed by atoms with van der Waals surface area (Å²) >= 11 is 0. The highest BCUT2D eigenvalue weighted by atomic mass is 15.1. The van der Waals surface area contributed by atoms with Crippen LogP contribution in [-0.2, 0) is 5.41 Å². The Kier molecular flexibility index (Phi) is 8.76. The zero-order valence-corrected chi connectivity index (χ0v) is 34.6. The van der Waals surface area contributed by atoms with Gasteiger partial charge in [-0.1, -0.05) is 206 Å². The van der Waals surface area contributed by atoms with Gasteiger partial charge in [0.1, 0.15) is 0 Å². The van der Waals surface area contributed by atoms with Crippen molar-refractivity contribution in [1.29, 1.82) is 0 Å². The molecule has 0 saturated carbocycles. The Bertz CT molecular complexity index is 3390. The number of benzene rings is 10. The van der Waals surface area contributed by atoms with Gasteiger partial charge in [-0.3, -0.25) is 0 Å². The maximum Gasteiger partial charge on any atom is 0.0714 e. The van der Waals surface area contributed by atoms with Gasteiger partial charge in [-0.2, -0.15) is 0 Å². The number of anilines is 3. The minimum Gasteiger partial charge on any atom is -0.309 e. The lowest BCUT2D eigenvalue weighted by Gasteiger charge is -2.34. The molecule has 296 valence electrons. The molecule has 12 rings (SSSR count). The normalized spacial score (nSPS) is 12.6. The van der Waals surface area contributed by atoms with Crippen molar-refractivity contribution in [1.82, 2.24) is 4.57 Å². The van der Waals surface area contributed by atoms with E-state index < -0.39 is 5.41 Å². The minimum absolute atomic E-state index is 0.535. The monoisotopic (exact) mass is 802 g/mol. The van der Waals surface area contributed by atoms with Crippen LogP contribution in [0.1, 0.15) is 22.3 Å². The molecule has 0 radical (unpaired) electrons. The standard InChI is InChI=1S/C61H42N2/c1-6-22-43(23-7-1)49-32-17-19-37-55(49)63(48-40-41-56-52(42-48)59-50(44-24-8-2-9-25-44)34-20-38-57(59)62(56)47-30-14-5-15-31-47)58-39-21-36-54-60(58)51-33-16-18-35-53(51)61(54,45-26-10-3-11-27-45)46-28-12-4-13-29-46/h1-42H. The van der Waals surface area contributed by atoms with E-state index >= 15 is 0 Å². The van der Waals surface area contributed by atoms with E-state index in [1.54, 1.807) is 0 Å². The SMILES string of the molecule is c1ccc(-c2ccccc2N(c2ccc3c(c2)c2c(-c4ccccc4)cccc2n3-c2ccccc2)c2cccc3c2-c2ccccc2C3(c2ccccc2)c2ccccc2)cc1. The smallest absolute Gasteiger partial charge is 0.0714 e. The Morgan fingerprint density at radius 2 is 0.857 bits per heavy atom. The van der Waals surface area contributed by atoms with E-state index in [4.69, 9.17) is 0 Å². The third-order valence-corrected chi connectivity index (χ3v) is 13.1. The highest BCUT2D eigenvalue weighted by Crippen LogP contribution is 2.60. The molecule has 1 heterocycles. The fourth-order valence-corrected chi connectivity index (χ4v) is 10.5. The van der Waals surface area contributed by atoms with Crippen molar-refractivity contribution in [3.05, 3.63) is 277 Å². The highest BCUT2D eigenvalue weighted by molar-refractivity contribution is 6.17. The van der Waals surface area contributed by atoms with Crippen molar-refractivity contribution >= 4 is 38.9 Å². The van der Waals surface area contributed by atoms with Gasteiger partial charge in [0, 0.05) is 33.3 Å². The average molecular weight is 803 g/mol. The topological polar surface area (TPSA) is 8.17 Å². The molecule has 2 heteroatoms. The summed E-state index contributed by atoms with van der Waals surface area (Å²) < 4.78 is 2.42. The Morgan fingerprint density at radius 3 is 1.54 bits per heavy atom. The third kappa shape index (κ3) is 5.72. The van der Waals surface area contributed by atoms with E-state index in [0.717, 1.165) is 33.8 Å². The molecule has 0 atom stereocenters. The highest BCUT2D eigenvalue weighted by Gasteiger charge is 2.47. The molecule has 2 nitrogen and oxygen atoms in total. The first-order valence-corrected chi connectivity index (χ1v) is 21.8. The summed E-state index contributed by atoms with van der Waals surface area (Å²) in [6.07, 6.45) is 0. The number of fused-ring (bicyclic) bond motifs is 6. The van der Waals surface area contributed by atoms with E-state index in [1.807, 2.05) is 0 Å². The van der Waals surface area contributed by atoms with Gasteiger partial charge in [-0.15, -0.1) is 0 Å². The number of rotatable bonds is 8. The van der Waals surface area contributed by atoms with Gasteiger partial charge in [-0.25, -0.2) is 0 Å². The second-order valence-electron chi connectivity index (χ2n) is 16.4. The summed E-state index contributed by atoms with van der Waals surface area (Å²) in [4.78, 5) is 2.53. The Labute approximate surface area is 368 Å². The maximum absolute atomic E-state index is 2.53. The number of hydrogen-bond donors (Lipinski definition) is 0. The van der Waals surface area contributed by atoms with E-state index in [9.17, 15) is 0 Å². The van der Waals surface area contributed by atoms with Gasteiger partial charge in [0.2, 0.25) is 0 Å². The van der Waals surface area contributed by atoms with Crippen molar-refractivity contribution in [3.63, 3.8) is 0 Å². The van der Waals surface area contributed by atoms with Crippen LogP contribution >= 0.6 is 0 Å². The molecule has 0 unspecified atom stereocenters. The number of aromatic nitrogens is 1. The molecular weight excluding hydrogens is 761 g/mol. The summed E-state index contributed by atoms with van der Waals surface area (Å²) in [6, 6.07) is 93.3. The summed E-state index contributed by atoms with van der Waals surface area (Å²) in [6.45, 7) is 0. The van der Waals surface area contributed by atoms with Gasteiger partial charge in [-0.05, 0) is 93.0 Å². The zero-order chi connectivity index (χ0) is 41.7. The van der Waals surface area contributed by atoms with Crippen LogP contribution in [0.2, 0.25) is 0 Å². The Balaban J connectivity index is 1.20. The lowest BCUT2D eigenvalue weighted by Crippen LogP contribution is -2.28. The fraction of sp³-hybridized carbons (Fsp3) is 0.0164. The van der Waals surface area contributed by atoms with Crippen molar-refractivity contribution in [2.75, 3.05) is 4.90 Å². The lowest BCUT2D eigenvalue weighted by molar-refractivity contribution is 0.768. The van der Waals surface area contributed by atoms with Gasteiger partial charge < -0.3 is 9.47 Å². The van der Waals surface area contributed by atoms with E-state index in [0.29, 0.717) is 0 Å². The molecule has 0 bridgehead atoms. The Morgan fingerprint density at radius 1 is 0.349 bits per heavy atom. The van der Waals surface area contributed by atoms with Crippen LogP contribution in [0.5, 0.6) is 0 Å². The predicted molar refractivity (Wildman–Crippen MR) is 264 cm³/mol. The molecule has 0 saturated heterocycles. The van der Waals surface area contributed by atoms with E-state index in [2.05, 4.69) is 264 Å². The number of nitrogens with zero attached hydrogens (tertiary/aromatic N) is 2. The number of para-hydroxylation sites is 2. The molecule has 1 aliphatic carbocycles. The van der Waals surface area contributed by atoms with Crippen LogP contribution in [-0.4, -0.2) is 4.57 Å². The molecule has 1 aromatic heterocycles. The second-order valence-corrected chi connectivity index (χ2v) is 16.4. The first kappa shape index (κ1) is 36.6. The molecule has 0 aliphatic heterocycles. The van der Waals surface area contributed by atoms with Crippen LogP contribution in [0.15, 0.2) is 255 Å². The molecular formula is C61H42N2. The quantitative estimate of drug-likeness (QED) is 0.149. The van der Waals surface area contributed by atoms with E-state index in [-0.39, 0.29) is 0 Å². The second kappa shape index (κ2) is 15.1. The number of hydrogen-bond acceptors (Lipinski definition) is 1. The molecule has 0 amide bonds. The molecule has 63 heavy (non-hydrogen) atoms. The van der Waals surface area contributed by atoms with Crippen molar-refractivity contribution in [3.8, 4) is 39.1 Å². The van der Waals surface area contributed by atoms with Gasteiger partial charge in [0.25, 0.3) is 0 Å². The largest absolute Gasteiger partial charge is 0.309 e. The van der Waals surface area contributed by atoms with Crippen LogP contribution in [0.3, 0.4) is 0 Å². The molecule has 10 aromatic carbocycles. The first-order valence-electron chi connectivity index (χ1n) is 21.8. The van der Waals surface area contributed by atoms with Crippen molar-refractivity contribution in [2.24, 2.45) is 0 Å². The van der Waals surface area contributed by atoms with Crippen LogP contribution < -0.4 is 4.90 Å². The van der Waals surface area contributed by atoms with Gasteiger partial charge in [0.15, 0.2) is 0 Å². The minimum atomic E-state index is -0.535. The third-order valence-electron chi connectivity index (χ3n) is 13.1. The molecule has 0 spiro atoms. The first-order chi connectivity index (χ1) is 31.3. The zero-order valence-electron chi connectivity index (χ0n) is 34.6. The summed E-state index contributed by atoms with van der Waals surface area (Å²) in [5.41, 5.74) is 18.5. The van der Waals surface area contributed by atoms with Crippen LogP contribution in [0.25, 0.3) is 60.9 Å². The lowest BCUT2D eigenvalue weighted by atomic mass is 9.68. The average Bonchev–Trinajstić information content (AvgIpc) is 3.87. The Hall–Kier alpha value is -8.20. The molecule has 11 aromatic rings. The summed E-state index contributed by atoms with van der Waals surface area (Å²) in [5, 5.41) is 2.43. The fourth-order valence-electron chi connectivity index (χ4n) is 10.5. The molecule has 0 fully saturated rings. The summed E-state index contributed by atoms with van der Waals surface area (Å²) in [5.74, 6) is 0. The maximum atomic E-state index is 2.53. The van der Waals surface area contributed by atoms with Gasteiger partial charge in [0.05, 0.1) is 27.8 Å². The van der Waals surface area contributed by atoms with Gasteiger partial charge >= 0.3 is 0 Å². The van der Waals surface area contributed by atoms with Crippen LogP contribution in [0.4, 0.5) is 17.1 Å². The van der Waals surface area contributed by atoms with Crippen molar-refractivity contribution in [2.45, 2.75) is 5.41 Å². The summed E-state index contributed by atoms with van der Waals surface area (Å²) in [7, 11) is 0. The van der Waals surface area contributed by atoms with E-state index in [1.165, 1.54) is 66.4 Å². The molecule has 1 aliphatic rings.